The van der Waals surface area contributed by atoms with Crippen LogP contribution in [0.4, 0.5) is 13.2 Å². The van der Waals surface area contributed by atoms with Gasteiger partial charge in [0.15, 0.2) is 21.5 Å². The molecule has 0 saturated carbocycles. The van der Waals surface area contributed by atoms with Gasteiger partial charge in [-0.2, -0.15) is 13.2 Å². The molecule has 0 unspecified atom stereocenters. The lowest BCUT2D eigenvalue weighted by molar-refractivity contribution is -0.140. The highest BCUT2D eigenvalue weighted by molar-refractivity contribution is 7.90. The highest BCUT2D eigenvalue weighted by Crippen LogP contribution is 2.30. The van der Waals surface area contributed by atoms with E-state index in [-0.39, 0.29) is 23.1 Å². The first-order valence-electron chi connectivity index (χ1n) is 8.98. The highest BCUT2D eigenvalue weighted by Gasteiger charge is 2.33. The van der Waals surface area contributed by atoms with Crippen molar-refractivity contribution in [3.05, 3.63) is 52.0 Å². The summed E-state index contributed by atoms with van der Waals surface area (Å²) >= 11 is 0.896. The van der Waals surface area contributed by atoms with Gasteiger partial charge >= 0.3 is 6.18 Å². The van der Waals surface area contributed by atoms with Crippen LogP contribution in [-0.2, 0) is 28.3 Å². The van der Waals surface area contributed by atoms with Crippen LogP contribution in [0.1, 0.15) is 29.6 Å². The van der Waals surface area contributed by atoms with Gasteiger partial charge in [0.1, 0.15) is 5.01 Å². The van der Waals surface area contributed by atoms with Crippen LogP contribution in [0.5, 0.6) is 0 Å². The molecule has 0 aliphatic rings. The Morgan fingerprint density at radius 1 is 1.21 bits per heavy atom. The Bertz CT molecular complexity index is 897. The molecule has 2 rings (SSSR count). The maximum absolute atomic E-state index is 12.6. The van der Waals surface area contributed by atoms with E-state index in [1.54, 1.807) is 24.3 Å². The summed E-state index contributed by atoms with van der Waals surface area (Å²) in [5.41, 5.74) is -0.175. The minimum atomic E-state index is -4.47. The average molecular weight is 449 g/mol. The molecule has 0 atom stereocenters. The number of hydrogen-bond acceptors (Lipinski definition) is 5. The number of nitrogens with zero attached hydrogens (tertiary/aromatic N) is 2. The summed E-state index contributed by atoms with van der Waals surface area (Å²) in [4.78, 5) is 7.74. The number of halogens is 3. The Morgan fingerprint density at radius 2 is 1.93 bits per heavy atom. The van der Waals surface area contributed by atoms with E-state index in [1.807, 2.05) is 13.0 Å². The summed E-state index contributed by atoms with van der Waals surface area (Å²) in [6.07, 6.45) is -4.08. The summed E-state index contributed by atoms with van der Waals surface area (Å²) in [6.45, 7) is 2.78. The standard InChI is InChI=1S/C18H23F3N4O2S2/c1-2-22-17(24-11-16-25-15(12-28-16)18(19,20)21)23-9-6-10-29(26,27)13-14-7-4-3-5-8-14/h3-5,7-8,12H,2,6,9-11,13H2,1H3,(H2,22,23,24). The van der Waals surface area contributed by atoms with Crippen molar-refractivity contribution >= 4 is 27.1 Å². The Hall–Kier alpha value is -2.14. The second-order valence-electron chi connectivity index (χ2n) is 6.18. The van der Waals surface area contributed by atoms with Gasteiger partial charge in [0.25, 0.3) is 0 Å². The van der Waals surface area contributed by atoms with Gasteiger partial charge in [0.05, 0.1) is 18.1 Å². The Kier molecular flexibility index (Phi) is 8.45. The molecule has 0 radical (unpaired) electrons. The van der Waals surface area contributed by atoms with E-state index < -0.39 is 21.7 Å². The van der Waals surface area contributed by atoms with Crippen LogP contribution in [0, 0.1) is 0 Å². The minimum Gasteiger partial charge on any atom is -0.357 e. The van der Waals surface area contributed by atoms with Crippen molar-refractivity contribution < 1.29 is 21.6 Å². The van der Waals surface area contributed by atoms with Crippen LogP contribution in [0.2, 0.25) is 0 Å². The van der Waals surface area contributed by atoms with Gasteiger partial charge in [-0.05, 0) is 18.9 Å². The van der Waals surface area contributed by atoms with Gasteiger partial charge in [0.2, 0.25) is 0 Å². The average Bonchev–Trinajstić information content (AvgIpc) is 3.13. The van der Waals surface area contributed by atoms with Gasteiger partial charge in [-0.15, -0.1) is 11.3 Å². The van der Waals surface area contributed by atoms with Crippen LogP contribution in [0.25, 0.3) is 0 Å². The molecule has 6 nitrogen and oxygen atoms in total. The largest absolute Gasteiger partial charge is 0.434 e. The molecular formula is C18H23F3N4O2S2. The van der Waals surface area contributed by atoms with Crippen molar-refractivity contribution in [3.8, 4) is 0 Å². The van der Waals surface area contributed by atoms with Crippen LogP contribution >= 0.6 is 11.3 Å². The van der Waals surface area contributed by atoms with Gasteiger partial charge in [-0.1, -0.05) is 30.3 Å². The van der Waals surface area contributed by atoms with Crippen LogP contribution in [0.15, 0.2) is 40.7 Å². The normalized spacial score (nSPS) is 12.8. The van der Waals surface area contributed by atoms with E-state index in [4.69, 9.17) is 0 Å². The second-order valence-corrected chi connectivity index (χ2v) is 9.30. The molecule has 0 aliphatic heterocycles. The number of thiazole rings is 1. The molecule has 0 bridgehead atoms. The Balaban J connectivity index is 1.82. The summed E-state index contributed by atoms with van der Waals surface area (Å²) < 4.78 is 62.2. The first-order valence-corrected chi connectivity index (χ1v) is 11.7. The van der Waals surface area contributed by atoms with E-state index in [0.29, 0.717) is 25.5 Å². The molecule has 1 aromatic heterocycles. The fraction of sp³-hybridized carbons (Fsp3) is 0.444. The predicted octanol–water partition coefficient (Wildman–Crippen LogP) is 3.22. The summed E-state index contributed by atoms with van der Waals surface area (Å²) in [5, 5.41) is 7.18. The summed E-state index contributed by atoms with van der Waals surface area (Å²) in [6, 6.07) is 8.97. The second kappa shape index (κ2) is 10.6. The summed E-state index contributed by atoms with van der Waals surface area (Å²) in [5.74, 6) is 0.417. The molecule has 160 valence electrons. The lowest BCUT2D eigenvalue weighted by Crippen LogP contribution is -2.38. The summed E-state index contributed by atoms with van der Waals surface area (Å²) in [7, 11) is -3.23. The molecule has 0 saturated heterocycles. The molecule has 2 aromatic rings. The predicted molar refractivity (Wildman–Crippen MR) is 108 cm³/mol. The third kappa shape index (κ3) is 8.40. The van der Waals surface area contributed by atoms with Crippen molar-refractivity contribution in [2.24, 2.45) is 4.99 Å². The molecule has 11 heteroatoms. The number of aliphatic imine (C=N–C) groups is 1. The first kappa shape index (κ1) is 23.1. The number of hydrogen-bond donors (Lipinski definition) is 2. The smallest absolute Gasteiger partial charge is 0.357 e. The lowest BCUT2D eigenvalue weighted by atomic mass is 10.2. The molecule has 0 fully saturated rings. The van der Waals surface area contributed by atoms with Crippen LogP contribution in [0.3, 0.4) is 0 Å². The van der Waals surface area contributed by atoms with Gasteiger partial charge in [-0.25, -0.2) is 18.4 Å². The SMILES string of the molecule is CCNC(=NCc1nc(C(F)(F)F)cs1)NCCCS(=O)(=O)Cc1ccccc1. The Morgan fingerprint density at radius 3 is 2.55 bits per heavy atom. The van der Waals surface area contributed by atoms with Crippen LogP contribution < -0.4 is 10.6 Å². The van der Waals surface area contributed by atoms with Crippen molar-refractivity contribution in [1.29, 1.82) is 0 Å². The fourth-order valence-electron chi connectivity index (χ4n) is 2.40. The number of nitrogens with one attached hydrogen (secondary N) is 2. The zero-order valence-corrected chi connectivity index (χ0v) is 17.5. The number of benzene rings is 1. The van der Waals surface area contributed by atoms with Gasteiger partial charge < -0.3 is 10.6 Å². The van der Waals surface area contributed by atoms with E-state index >= 15 is 0 Å². The zero-order valence-electron chi connectivity index (χ0n) is 15.9. The maximum atomic E-state index is 12.6. The van der Waals surface area contributed by atoms with Gasteiger partial charge in [0, 0.05) is 18.5 Å². The highest BCUT2D eigenvalue weighted by atomic mass is 32.2. The van der Waals surface area contributed by atoms with Crippen molar-refractivity contribution in [1.82, 2.24) is 15.6 Å². The number of rotatable bonds is 9. The number of alkyl halides is 3. The van der Waals surface area contributed by atoms with Crippen molar-refractivity contribution in [2.45, 2.75) is 31.8 Å². The van der Waals surface area contributed by atoms with Crippen LogP contribution in [-0.4, -0.2) is 38.2 Å². The molecule has 0 amide bonds. The third-order valence-electron chi connectivity index (χ3n) is 3.71. The minimum absolute atomic E-state index is 0.00237. The fourth-order valence-corrected chi connectivity index (χ4v) is 4.55. The van der Waals surface area contributed by atoms with E-state index in [0.717, 1.165) is 22.3 Å². The van der Waals surface area contributed by atoms with E-state index in [9.17, 15) is 21.6 Å². The zero-order chi connectivity index (χ0) is 21.3. The first-order chi connectivity index (χ1) is 13.7. The number of guanidine groups is 1. The van der Waals surface area contributed by atoms with Crippen molar-refractivity contribution in [2.75, 3.05) is 18.8 Å². The molecule has 0 spiro atoms. The molecule has 1 heterocycles. The maximum Gasteiger partial charge on any atom is 0.434 e. The Labute approximate surface area is 172 Å². The van der Waals surface area contributed by atoms with E-state index in [2.05, 4.69) is 20.6 Å². The lowest BCUT2D eigenvalue weighted by Gasteiger charge is -2.11. The number of sulfone groups is 1. The molecule has 1 aromatic carbocycles. The third-order valence-corrected chi connectivity index (χ3v) is 6.23. The molecule has 0 aliphatic carbocycles. The molecule has 2 N–H and O–H groups in total. The van der Waals surface area contributed by atoms with Gasteiger partial charge in [-0.3, -0.25) is 0 Å². The number of aromatic nitrogens is 1. The molecule has 29 heavy (non-hydrogen) atoms. The van der Waals surface area contributed by atoms with E-state index in [1.165, 1.54) is 0 Å². The quantitative estimate of drug-likeness (QED) is 0.350. The van der Waals surface area contributed by atoms with Crippen molar-refractivity contribution in [3.63, 3.8) is 0 Å². The monoisotopic (exact) mass is 448 g/mol. The molecular weight excluding hydrogens is 425 g/mol. The topological polar surface area (TPSA) is 83.4 Å².